The number of amides is 1. The lowest BCUT2D eigenvalue weighted by atomic mass is 10.2. The monoisotopic (exact) mass is 330 g/mol. The lowest BCUT2D eigenvalue weighted by Crippen LogP contribution is -2.28. The molecule has 24 heavy (non-hydrogen) atoms. The largest absolute Gasteiger partial charge is 0.492 e. The molecule has 128 valence electrons. The average molecular weight is 330 g/mol. The topological polar surface area (TPSA) is 94.5 Å². The second kappa shape index (κ2) is 7.44. The maximum absolute atomic E-state index is 11.1. The van der Waals surface area contributed by atoms with E-state index in [4.69, 9.17) is 15.0 Å². The van der Waals surface area contributed by atoms with Gasteiger partial charge in [0.25, 0.3) is 11.7 Å². The fraction of sp³-hybridized carbons (Fsp3) is 0.471. The Hall–Kier alpha value is -2.41. The number of nitrogens with two attached hydrogens (primary N) is 1. The summed E-state index contributed by atoms with van der Waals surface area (Å²) in [5, 5.41) is 3.62. The van der Waals surface area contributed by atoms with E-state index in [9.17, 15) is 4.79 Å². The lowest BCUT2D eigenvalue weighted by molar-refractivity contribution is 0.0987. The zero-order chi connectivity index (χ0) is 16.9. The number of carbonyl (C=O) groups excluding carboxylic acids is 1. The van der Waals surface area contributed by atoms with Crippen LogP contribution in [0.25, 0.3) is 0 Å². The number of aryl methyl sites for hydroxylation is 1. The van der Waals surface area contributed by atoms with Crippen LogP contribution in [0.2, 0.25) is 0 Å². The van der Waals surface area contributed by atoms with Crippen molar-refractivity contribution in [1.29, 1.82) is 0 Å². The molecule has 0 unspecified atom stereocenters. The third-order valence-electron chi connectivity index (χ3n) is 4.26. The summed E-state index contributed by atoms with van der Waals surface area (Å²) in [5.74, 6) is 0.603. The molecule has 2 N–H and O–H groups in total. The predicted molar refractivity (Wildman–Crippen MR) is 87.7 cm³/mol. The van der Waals surface area contributed by atoms with Gasteiger partial charge in [0, 0.05) is 6.54 Å². The van der Waals surface area contributed by atoms with Crippen LogP contribution in [0.15, 0.2) is 28.8 Å². The second-order valence-electron chi connectivity index (χ2n) is 5.86. The lowest BCUT2D eigenvalue weighted by Gasteiger charge is -2.21. The minimum atomic E-state index is -0.673. The van der Waals surface area contributed by atoms with Gasteiger partial charge in [0.1, 0.15) is 12.4 Å². The molecule has 1 fully saturated rings. The first-order chi connectivity index (χ1) is 11.7. The third-order valence-corrected chi connectivity index (χ3v) is 4.26. The number of ether oxygens (including phenoxy) is 1. The van der Waals surface area contributed by atoms with E-state index in [1.807, 2.05) is 12.1 Å². The molecule has 1 aromatic carbocycles. The molecule has 1 atom stereocenters. The van der Waals surface area contributed by atoms with Gasteiger partial charge >= 0.3 is 0 Å². The first-order valence-corrected chi connectivity index (χ1v) is 8.26. The Labute approximate surface area is 140 Å². The molecule has 1 aliphatic rings. The molecular formula is C17H22N4O3. The first kappa shape index (κ1) is 16.4. The van der Waals surface area contributed by atoms with Gasteiger partial charge in [0.15, 0.2) is 0 Å². The van der Waals surface area contributed by atoms with Gasteiger partial charge in [-0.15, -0.1) is 0 Å². The standard InChI is InChI=1S/C17H22N4O3/c1-2-12-5-3-6-13(11-12)23-10-9-21-8-4-7-14(21)17-19-16(15(18)22)20-24-17/h3,5-6,11,14H,2,4,7-10H2,1H3,(H2,18,22)/t14-/m0/s1. The van der Waals surface area contributed by atoms with Crippen LogP contribution in [0, 0.1) is 0 Å². The minimum absolute atomic E-state index is 0.0242. The number of aromatic nitrogens is 2. The van der Waals surface area contributed by atoms with Crippen LogP contribution >= 0.6 is 0 Å². The highest BCUT2D eigenvalue weighted by molar-refractivity contribution is 5.88. The second-order valence-corrected chi connectivity index (χ2v) is 5.86. The molecule has 1 aromatic heterocycles. The van der Waals surface area contributed by atoms with Gasteiger partial charge in [0.2, 0.25) is 5.89 Å². The van der Waals surface area contributed by atoms with E-state index in [0.29, 0.717) is 12.5 Å². The molecule has 1 aliphatic heterocycles. The molecule has 2 aromatic rings. The van der Waals surface area contributed by atoms with Crippen molar-refractivity contribution >= 4 is 5.91 Å². The summed E-state index contributed by atoms with van der Waals surface area (Å²) < 4.78 is 11.0. The van der Waals surface area contributed by atoms with Crippen LogP contribution in [0.1, 0.15) is 47.9 Å². The van der Waals surface area contributed by atoms with Crippen molar-refractivity contribution in [2.45, 2.75) is 32.2 Å². The smallest absolute Gasteiger partial charge is 0.290 e. The number of likely N-dealkylation sites (tertiary alicyclic amines) is 1. The van der Waals surface area contributed by atoms with Crippen molar-refractivity contribution in [1.82, 2.24) is 15.0 Å². The molecule has 0 radical (unpaired) electrons. The van der Waals surface area contributed by atoms with Crippen molar-refractivity contribution in [3.63, 3.8) is 0 Å². The molecule has 0 saturated carbocycles. The predicted octanol–water partition coefficient (Wildman–Crippen LogP) is 1.95. The number of hydrogen-bond acceptors (Lipinski definition) is 6. The van der Waals surface area contributed by atoms with Gasteiger partial charge in [-0.1, -0.05) is 24.2 Å². The van der Waals surface area contributed by atoms with Gasteiger partial charge in [-0.25, -0.2) is 0 Å². The zero-order valence-corrected chi connectivity index (χ0v) is 13.8. The fourth-order valence-corrected chi connectivity index (χ4v) is 2.98. The SMILES string of the molecule is CCc1cccc(OCCN2CCC[C@H]2c2nc(C(N)=O)no2)c1. The summed E-state index contributed by atoms with van der Waals surface area (Å²) in [7, 11) is 0. The van der Waals surface area contributed by atoms with E-state index in [0.717, 1.165) is 38.1 Å². The first-order valence-electron chi connectivity index (χ1n) is 8.26. The summed E-state index contributed by atoms with van der Waals surface area (Å²) in [6, 6.07) is 8.17. The van der Waals surface area contributed by atoms with Gasteiger partial charge in [0.05, 0.1) is 6.04 Å². The molecule has 7 nitrogen and oxygen atoms in total. The van der Waals surface area contributed by atoms with E-state index in [1.165, 1.54) is 5.56 Å². The zero-order valence-electron chi connectivity index (χ0n) is 13.8. The Morgan fingerprint density at radius 1 is 1.50 bits per heavy atom. The van der Waals surface area contributed by atoms with E-state index in [2.05, 4.69) is 34.1 Å². The van der Waals surface area contributed by atoms with Crippen molar-refractivity contribution in [2.75, 3.05) is 19.7 Å². The maximum atomic E-state index is 11.1. The summed E-state index contributed by atoms with van der Waals surface area (Å²) in [4.78, 5) is 17.4. The molecule has 1 amide bonds. The molecule has 0 spiro atoms. The van der Waals surface area contributed by atoms with Crippen LogP contribution in [-0.2, 0) is 6.42 Å². The van der Waals surface area contributed by atoms with Crippen LogP contribution in [0.5, 0.6) is 5.75 Å². The Kier molecular flexibility index (Phi) is 5.10. The Bertz CT molecular complexity index is 701. The quantitative estimate of drug-likeness (QED) is 0.834. The number of rotatable bonds is 7. The molecule has 3 rings (SSSR count). The molecule has 7 heteroatoms. The Morgan fingerprint density at radius 3 is 3.12 bits per heavy atom. The van der Waals surface area contributed by atoms with E-state index < -0.39 is 5.91 Å². The Morgan fingerprint density at radius 2 is 2.38 bits per heavy atom. The fourth-order valence-electron chi connectivity index (χ4n) is 2.98. The highest BCUT2D eigenvalue weighted by atomic mass is 16.5. The van der Waals surface area contributed by atoms with E-state index in [-0.39, 0.29) is 11.9 Å². The highest BCUT2D eigenvalue weighted by Gasteiger charge is 2.31. The van der Waals surface area contributed by atoms with Gasteiger partial charge in [-0.05, 0) is 43.5 Å². The average Bonchev–Trinajstić information content (AvgIpc) is 3.24. The number of hydrogen-bond donors (Lipinski definition) is 1. The normalized spacial score (nSPS) is 18.0. The van der Waals surface area contributed by atoms with E-state index >= 15 is 0 Å². The highest BCUT2D eigenvalue weighted by Crippen LogP contribution is 2.30. The van der Waals surface area contributed by atoms with Gasteiger partial charge < -0.3 is 15.0 Å². The number of nitrogens with zero attached hydrogens (tertiary/aromatic N) is 3. The van der Waals surface area contributed by atoms with Gasteiger partial charge in [-0.3, -0.25) is 9.69 Å². The number of carbonyl (C=O) groups is 1. The van der Waals surface area contributed by atoms with Crippen molar-refractivity contribution in [3.8, 4) is 5.75 Å². The number of primary amides is 1. The third kappa shape index (κ3) is 3.73. The summed E-state index contributed by atoms with van der Waals surface area (Å²) in [6.07, 6.45) is 2.96. The van der Waals surface area contributed by atoms with E-state index in [1.54, 1.807) is 0 Å². The maximum Gasteiger partial charge on any atom is 0.290 e. The summed E-state index contributed by atoms with van der Waals surface area (Å²) in [5.41, 5.74) is 6.43. The summed E-state index contributed by atoms with van der Waals surface area (Å²) in [6.45, 7) is 4.41. The van der Waals surface area contributed by atoms with Crippen LogP contribution in [-0.4, -0.2) is 40.6 Å². The van der Waals surface area contributed by atoms with Gasteiger partial charge in [-0.2, -0.15) is 4.98 Å². The van der Waals surface area contributed by atoms with Crippen LogP contribution < -0.4 is 10.5 Å². The van der Waals surface area contributed by atoms with Crippen LogP contribution in [0.3, 0.4) is 0 Å². The molecule has 1 saturated heterocycles. The molecule has 0 aliphatic carbocycles. The summed E-state index contributed by atoms with van der Waals surface area (Å²) >= 11 is 0. The van der Waals surface area contributed by atoms with Crippen molar-refractivity contribution in [2.24, 2.45) is 5.73 Å². The van der Waals surface area contributed by atoms with Crippen molar-refractivity contribution in [3.05, 3.63) is 41.5 Å². The molecular weight excluding hydrogens is 308 g/mol. The Balaban J connectivity index is 1.56. The van der Waals surface area contributed by atoms with Crippen LogP contribution in [0.4, 0.5) is 0 Å². The minimum Gasteiger partial charge on any atom is -0.492 e. The molecule has 0 bridgehead atoms. The van der Waals surface area contributed by atoms with Crippen molar-refractivity contribution < 1.29 is 14.1 Å². The molecule has 2 heterocycles. The number of benzene rings is 1.